The van der Waals surface area contributed by atoms with Crippen molar-refractivity contribution in [3.63, 3.8) is 0 Å². The van der Waals surface area contributed by atoms with Crippen LogP contribution in [0.5, 0.6) is 0 Å². The number of aromatic nitrogens is 2. The lowest BCUT2D eigenvalue weighted by Crippen LogP contribution is -2.51. The number of nitrogens with one attached hydrogen (secondary N) is 1. The van der Waals surface area contributed by atoms with E-state index in [0.29, 0.717) is 18.8 Å². The van der Waals surface area contributed by atoms with Gasteiger partial charge >= 0.3 is 6.18 Å². The molecule has 0 aliphatic carbocycles. The van der Waals surface area contributed by atoms with Gasteiger partial charge in [0, 0.05) is 35.8 Å². The molecule has 2 heterocycles. The number of hydrogen-bond donors (Lipinski definition) is 2. The lowest BCUT2D eigenvalue weighted by molar-refractivity contribution is -0.137. The molecule has 2 atom stereocenters. The summed E-state index contributed by atoms with van der Waals surface area (Å²) in [5.41, 5.74) is 9.37. The first kappa shape index (κ1) is 25.4. The zero-order valence-corrected chi connectivity index (χ0v) is 21.0. The van der Waals surface area contributed by atoms with Gasteiger partial charge < -0.3 is 16.0 Å². The summed E-state index contributed by atoms with van der Waals surface area (Å²) in [5.74, 6) is 0.0410. The van der Waals surface area contributed by atoms with Crippen LogP contribution in [0.25, 0.3) is 5.69 Å². The van der Waals surface area contributed by atoms with Crippen molar-refractivity contribution < 1.29 is 18.0 Å². The summed E-state index contributed by atoms with van der Waals surface area (Å²) in [6.45, 7) is 5.03. The second-order valence-corrected chi connectivity index (χ2v) is 9.41. The van der Waals surface area contributed by atoms with Crippen molar-refractivity contribution in [2.24, 2.45) is 0 Å². The van der Waals surface area contributed by atoms with Gasteiger partial charge in [0.15, 0.2) is 0 Å². The van der Waals surface area contributed by atoms with Crippen molar-refractivity contribution >= 4 is 17.4 Å². The van der Waals surface area contributed by atoms with Crippen molar-refractivity contribution in [1.82, 2.24) is 15.1 Å². The van der Waals surface area contributed by atoms with Gasteiger partial charge in [-0.25, -0.2) is 4.68 Å². The van der Waals surface area contributed by atoms with Crippen molar-refractivity contribution in [1.29, 1.82) is 0 Å². The van der Waals surface area contributed by atoms with E-state index in [4.69, 9.17) is 10.8 Å². The topological polar surface area (TPSA) is 76.2 Å². The van der Waals surface area contributed by atoms with Crippen LogP contribution in [-0.2, 0) is 6.18 Å². The van der Waals surface area contributed by atoms with Crippen LogP contribution in [0.3, 0.4) is 0 Å². The highest BCUT2D eigenvalue weighted by Crippen LogP contribution is 2.43. The lowest BCUT2D eigenvalue weighted by Gasteiger charge is -2.40. The maximum Gasteiger partial charge on any atom is 0.416 e. The summed E-state index contributed by atoms with van der Waals surface area (Å²) >= 11 is 0. The normalized spacial score (nSPS) is 17.2. The van der Waals surface area contributed by atoms with Crippen molar-refractivity contribution in [2.75, 3.05) is 23.7 Å². The highest BCUT2D eigenvalue weighted by atomic mass is 19.4. The fourth-order valence-corrected chi connectivity index (χ4v) is 5.22. The number of benzene rings is 3. The number of para-hydroxylation sites is 1. The Morgan fingerprint density at radius 1 is 1.05 bits per heavy atom. The average molecular weight is 520 g/mol. The summed E-state index contributed by atoms with van der Waals surface area (Å²) in [6, 6.07) is 21.3. The van der Waals surface area contributed by atoms with Crippen LogP contribution in [-0.4, -0.2) is 34.8 Å². The number of nitrogens with zero attached hydrogens (tertiary/aromatic N) is 3. The van der Waals surface area contributed by atoms with Crippen LogP contribution >= 0.6 is 0 Å². The van der Waals surface area contributed by atoms with Gasteiger partial charge in [-0.15, -0.1) is 0 Å². The third-order valence-electron chi connectivity index (χ3n) is 6.93. The van der Waals surface area contributed by atoms with E-state index in [9.17, 15) is 18.0 Å². The van der Waals surface area contributed by atoms with E-state index < -0.39 is 23.7 Å². The predicted octanol–water partition coefficient (Wildman–Crippen LogP) is 5.55. The molecule has 0 unspecified atom stereocenters. The van der Waals surface area contributed by atoms with E-state index in [1.54, 1.807) is 6.07 Å². The SMILES string of the molecule is CCN1C[C@H](NC(=O)c2cccc(C(F)(F)F)c2)[C@@H](c2cccc(N)c2)c2c(C)nn(-c3ccccc3)c21. The number of carbonyl (C=O) groups excluding carboxylic acids is 1. The Morgan fingerprint density at radius 2 is 1.79 bits per heavy atom. The molecule has 0 radical (unpaired) electrons. The van der Waals surface area contributed by atoms with Gasteiger partial charge in [0.2, 0.25) is 0 Å². The number of halogens is 3. The Hall–Kier alpha value is -4.27. The van der Waals surface area contributed by atoms with Gasteiger partial charge in [0.25, 0.3) is 5.91 Å². The molecule has 3 aromatic carbocycles. The Labute approximate surface area is 218 Å². The van der Waals surface area contributed by atoms with Gasteiger partial charge in [0.1, 0.15) is 5.82 Å². The molecule has 0 spiro atoms. The summed E-state index contributed by atoms with van der Waals surface area (Å²) in [6.07, 6.45) is -4.54. The van der Waals surface area contributed by atoms with Crippen LogP contribution in [0.15, 0.2) is 78.9 Å². The molecule has 4 aromatic rings. The molecular weight excluding hydrogens is 491 g/mol. The monoisotopic (exact) mass is 519 g/mol. The summed E-state index contributed by atoms with van der Waals surface area (Å²) in [7, 11) is 0. The van der Waals surface area contributed by atoms with E-state index in [1.165, 1.54) is 12.1 Å². The first-order valence-electron chi connectivity index (χ1n) is 12.4. The fourth-order valence-electron chi connectivity index (χ4n) is 5.22. The van der Waals surface area contributed by atoms with Gasteiger partial charge in [-0.1, -0.05) is 36.4 Å². The Morgan fingerprint density at radius 3 is 2.47 bits per heavy atom. The highest BCUT2D eigenvalue weighted by Gasteiger charge is 2.40. The van der Waals surface area contributed by atoms with Gasteiger partial charge in [0.05, 0.1) is 23.0 Å². The molecule has 0 saturated carbocycles. The van der Waals surface area contributed by atoms with Crippen LogP contribution < -0.4 is 16.0 Å². The molecule has 1 aromatic heterocycles. The number of rotatable bonds is 5. The molecule has 0 saturated heterocycles. The minimum absolute atomic E-state index is 0.0447. The van der Waals surface area contributed by atoms with E-state index in [1.807, 2.05) is 67.1 Å². The van der Waals surface area contributed by atoms with Crippen LogP contribution in [0, 0.1) is 6.92 Å². The van der Waals surface area contributed by atoms with E-state index in [2.05, 4.69) is 10.2 Å². The number of carbonyl (C=O) groups is 1. The molecule has 3 N–H and O–H groups in total. The van der Waals surface area contributed by atoms with Crippen LogP contribution in [0.1, 0.15) is 45.6 Å². The van der Waals surface area contributed by atoms with Crippen molar-refractivity contribution in [3.05, 3.63) is 107 Å². The summed E-state index contributed by atoms with van der Waals surface area (Å²) in [5, 5.41) is 7.91. The fraction of sp³-hybridized carbons (Fsp3) is 0.241. The quantitative estimate of drug-likeness (QED) is 0.339. The van der Waals surface area contributed by atoms with Crippen molar-refractivity contribution in [3.8, 4) is 5.69 Å². The standard InChI is InChI=1S/C29H28F3N5O/c1-3-36-17-24(34-27(38)20-10-7-11-21(15-20)29(30,31)32)26(19-9-8-12-22(33)16-19)25-18(2)35-37(28(25)36)23-13-5-4-6-14-23/h4-16,24,26H,3,17,33H2,1-2H3,(H,34,38)/t24-,26+/m0/s1. The molecule has 6 nitrogen and oxygen atoms in total. The van der Waals surface area contributed by atoms with Crippen LogP contribution in [0.2, 0.25) is 0 Å². The molecule has 0 bridgehead atoms. The predicted molar refractivity (Wildman–Crippen MR) is 142 cm³/mol. The first-order valence-corrected chi connectivity index (χ1v) is 12.4. The van der Waals surface area contributed by atoms with Gasteiger partial charge in [-0.05, 0) is 61.9 Å². The first-order chi connectivity index (χ1) is 18.2. The second kappa shape index (κ2) is 9.89. The Bertz CT molecular complexity index is 1460. The number of likely N-dealkylation sites (N-methyl/N-ethyl adjacent to an activating group) is 1. The number of amides is 1. The molecule has 38 heavy (non-hydrogen) atoms. The molecular formula is C29H28F3N5O. The van der Waals surface area contributed by atoms with E-state index >= 15 is 0 Å². The Balaban J connectivity index is 1.61. The Kier molecular flexibility index (Phi) is 6.60. The maximum atomic E-state index is 13.3. The van der Waals surface area contributed by atoms with Gasteiger partial charge in [-0.2, -0.15) is 18.3 Å². The molecule has 196 valence electrons. The van der Waals surface area contributed by atoms with E-state index in [-0.39, 0.29) is 11.5 Å². The van der Waals surface area contributed by atoms with Gasteiger partial charge in [-0.3, -0.25) is 4.79 Å². The number of fused-ring (bicyclic) bond motifs is 1. The number of nitrogens with two attached hydrogens (primary N) is 1. The largest absolute Gasteiger partial charge is 0.416 e. The maximum absolute atomic E-state index is 13.3. The summed E-state index contributed by atoms with van der Waals surface area (Å²) < 4.78 is 41.8. The minimum Gasteiger partial charge on any atom is -0.399 e. The third kappa shape index (κ3) is 4.71. The average Bonchev–Trinajstić information content (AvgIpc) is 3.25. The number of hydrogen-bond acceptors (Lipinski definition) is 4. The van der Waals surface area contributed by atoms with Crippen molar-refractivity contribution in [2.45, 2.75) is 32.0 Å². The molecule has 5 rings (SSSR count). The second-order valence-electron chi connectivity index (χ2n) is 9.41. The molecule has 1 amide bonds. The number of anilines is 2. The highest BCUT2D eigenvalue weighted by molar-refractivity contribution is 5.95. The molecule has 1 aliphatic rings. The molecule has 0 fully saturated rings. The zero-order valence-electron chi connectivity index (χ0n) is 21.0. The minimum atomic E-state index is -4.54. The third-order valence-corrected chi connectivity index (χ3v) is 6.93. The number of nitrogen functional groups attached to an aromatic ring is 1. The molecule has 1 aliphatic heterocycles. The van der Waals surface area contributed by atoms with E-state index in [0.717, 1.165) is 40.5 Å². The number of alkyl halides is 3. The number of aryl methyl sites for hydroxylation is 1. The summed E-state index contributed by atoms with van der Waals surface area (Å²) in [4.78, 5) is 15.5. The zero-order chi connectivity index (χ0) is 27.0. The lowest BCUT2D eigenvalue weighted by atomic mass is 9.81. The molecule has 9 heteroatoms. The van der Waals surface area contributed by atoms with Crippen LogP contribution in [0.4, 0.5) is 24.7 Å². The smallest absolute Gasteiger partial charge is 0.399 e.